The van der Waals surface area contributed by atoms with Gasteiger partial charge >= 0.3 is 0 Å². The van der Waals surface area contributed by atoms with Crippen LogP contribution in [-0.4, -0.2) is 50.4 Å². The van der Waals surface area contributed by atoms with Crippen LogP contribution in [0.25, 0.3) is 21.3 Å². The maximum absolute atomic E-state index is 13.7. The summed E-state index contributed by atoms with van der Waals surface area (Å²) < 4.78 is 0. The van der Waals surface area contributed by atoms with Crippen molar-refractivity contribution < 1.29 is 14.7 Å². The number of pyridine rings is 1. The number of amides is 1. The van der Waals surface area contributed by atoms with E-state index in [0.29, 0.717) is 42.6 Å². The number of benzene rings is 2. The second kappa shape index (κ2) is 10.1. The molecule has 178 valence electrons. The van der Waals surface area contributed by atoms with Gasteiger partial charge in [-0.3, -0.25) is 14.6 Å². The standard InChI is InChI=1S/C28H27N3O3S/c1-18-30-26(27(35-18)20-7-3-2-4-8-20)28(34)31-16-14-22(32)17-21(31)12-13-24(33)23-11-5-9-19-10-6-15-29-25(19)23/h2-11,15,21-22,32H,12-14,16-17H2,1H3/t21-,22-/m1/s1. The molecule has 6 nitrogen and oxygen atoms in total. The van der Waals surface area contributed by atoms with Gasteiger partial charge in [0.05, 0.1) is 21.5 Å². The number of likely N-dealkylation sites (tertiary alicyclic amines) is 1. The fraction of sp³-hybridized carbons (Fsp3) is 0.286. The van der Waals surface area contributed by atoms with Crippen LogP contribution in [0.4, 0.5) is 0 Å². The zero-order valence-corrected chi connectivity index (χ0v) is 20.4. The number of fused-ring (bicyclic) bond motifs is 1. The summed E-state index contributed by atoms with van der Waals surface area (Å²) in [6.07, 6.45) is 2.94. The topological polar surface area (TPSA) is 83.4 Å². The minimum atomic E-state index is -0.482. The van der Waals surface area contributed by atoms with E-state index in [4.69, 9.17) is 0 Å². The second-order valence-corrected chi connectivity index (χ2v) is 10.2. The molecule has 4 aromatic rings. The third-order valence-corrected chi connectivity index (χ3v) is 7.58. The van der Waals surface area contributed by atoms with Gasteiger partial charge in [0.2, 0.25) is 0 Å². The van der Waals surface area contributed by atoms with Gasteiger partial charge in [-0.25, -0.2) is 4.98 Å². The summed E-state index contributed by atoms with van der Waals surface area (Å²) in [4.78, 5) is 38.5. The van der Waals surface area contributed by atoms with E-state index in [2.05, 4.69) is 9.97 Å². The van der Waals surface area contributed by atoms with Crippen LogP contribution in [0.1, 0.15) is 51.5 Å². The first-order chi connectivity index (χ1) is 17.0. The van der Waals surface area contributed by atoms with Crippen LogP contribution < -0.4 is 0 Å². The summed E-state index contributed by atoms with van der Waals surface area (Å²) in [5.41, 5.74) is 2.71. The van der Waals surface area contributed by atoms with E-state index >= 15 is 0 Å². The van der Waals surface area contributed by atoms with Crippen LogP contribution in [0.3, 0.4) is 0 Å². The van der Waals surface area contributed by atoms with Crippen molar-refractivity contribution in [2.75, 3.05) is 6.54 Å². The summed E-state index contributed by atoms with van der Waals surface area (Å²) in [7, 11) is 0. The number of carbonyl (C=O) groups excluding carboxylic acids is 2. The van der Waals surface area contributed by atoms with Gasteiger partial charge in [0.15, 0.2) is 5.78 Å². The predicted molar refractivity (Wildman–Crippen MR) is 138 cm³/mol. The maximum Gasteiger partial charge on any atom is 0.274 e. The van der Waals surface area contributed by atoms with Gasteiger partial charge in [-0.15, -0.1) is 11.3 Å². The van der Waals surface area contributed by atoms with E-state index in [1.54, 1.807) is 12.3 Å². The first-order valence-corrected chi connectivity index (χ1v) is 12.7. The second-order valence-electron chi connectivity index (χ2n) is 8.95. The molecule has 1 aliphatic rings. The third kappa shape index (κ3) is 4.88. The Hall–Kier alpha value is -3.42. The number of nitrogens with zero attached hydrogens (tertiary/aromatic N) is 3. The molecule has 0 aliphatic carbocycles. The number of hydrogen-bond donors (Lipinski definition) is 1. The van der Waals surface area contributed by atoms with Crippen LogP contribution in [0, 0.1) is 6.92 Å². The van der Waals surface area contributed by atoms with Crippen molar-refractivity contribution in [1.82, 2.24) is 14.9 Å². The van der Waals surface area contributed by atoms with Gasteiger partial charge in [-0.05, 0) is 43.9 Å². The molecule has 0 radical (unpaired) electrons. The lowest BCUT2D eigenvalue weighted by Gasteiger charge is -2.37. The summed E-state index contributed by atoms with van der Waals surface area (Å²) in [6, 6.07) is 19.0. The van der Waals surface area contributed by atoms with Crippen molar-refractivity contribution >= 4 is 33.9 Å². The Balaban J connectivity index is 1.37. The summed E-state index contributed by atoms with van der Waals surface area (Å²) in [5.74, 6) is -0.138. The largest absolute Gasteiger partial charge is 0.393 e. The number of Topliss-reactive ketones (excluding diaryl/α,β-unsaturated/α-hetero) is 1. The quantitative estimate of drug-likeness (QED) is 0.375. The summed E-state index contributed by atoms with van der Waals surface area (Å²) >= 11 is 1.51. The van der Waals surface area contributed by atoms with E-state index in [0.717, 1.165) is 20.8 Å². The molecule has 0 spiro atoms. The van der Waals surface area contributed by atoms with Crippen molar-refractivity contribution in [1.29, 1.82) is 0 Å². The molecule has 0 unspecified atom stereocenters. The Labute approximate surface area is 208 Å². The summed E-state index contributed by atoms with van der Waals surface area (Å²) in [5, 5.41) is 12.1. The monoisotopic (exact) mass is 485 g/mol. The highest BCUT2D eigenvalue weighted by molar-refractivity contribution is 7.15. The van der Waals surface area contributed by atoms with E-state index in [-0.39, 0.29) is 24.2 Å². The first kappa shape index (κ1) is 23.3. The molecule has 1 saturated heterocycles. The molecule has 7 heteroatoms. The molecule has 2 atom stereocenters. The summed E-state index contributed by atoms with van der Waals surface area (Å²) in [6.45, 7) is 2.35. The number of aliphatic hydroxyl groups excluding tert-OH is 1. The van der Waals surface area contributed by atoms with Gasteiger partial charge < -0.3 is 10.0 Å². The molecule has 1 aliphatic heterocycles. The number of hydrogen-bond acceptors (Lipinski definition) is 6. The molecule has 1 amide bonds. The van der Waals surface area contributed by atoms with Gasteiger partial charge in [0.25, 0.3) is 5.91 Å². The predicted octanol–water partition coefficient (Wildman–Crippen LogP) is 5.30. The SMILES string of the molecule is Cc1nc(C(=O)N2CC[C@@H](O)C[C@H]2CCC(=O)c2cccc3cccnc23)c(-c2ccccc2)s1. The van der Waals surface area contributed by atoms with Gasteiger partial charge in [-0.2, -0.15) is 0 Å². The highest BCUT2D eigenvalue weighted by atomic mass is 32.1. The minimum Gasteiger partial charge on any atom is -0.393 e. The number of piperidine rings is 1. The highest BCUT2D eigenvalue weighted by Gasteiger charge is 2.34. The van der Waals surface area contributed by atoms with E-state index in [9.17, 15) is 14.7 Å². The first-order valence-electron chi connectivity index (χ1n) is 11.9. The van der Waals surface area contributed by atoms with Gasteiger partial charge in [-0.1, -0.05) is 48.5 Å². The molecule has 2 aromatic carbocycles. The maximum atomic E-state index is 13.7. The fourth-order valence-electron chi connectivity index (χ4n) is 4.83. The molecule has 3 heterocycles. The van der Waals surface area contributed by atoms with E-state index in [1.807, 2.05) is 66.4 Å². The number of aromatic nitrogens is 2. The van der Waals surface area contributed by atoms with Crippen molar-refractivity contribution in [2.24, 2.45) is 0 Å². The Bertz CT molecular complexity index is 1360. The number of rotatable bonds is 6. The molecule has 0 bridgehead atoms. The minimum absolute atomic E-state index is 0.00348. The van der Waals surface area contributed by atoms with Gasteiger partial charge in [0.1, 0.15) is 5.69 Å². The average Bonchev–Trinajstić information content (AvgIpc) is 3.28. The average molecular weight is 486 g/mol. The van der Waals surface area contributed by atoms with Crippen molar-refractivity contribution in [2.45, 2.75) is 44.8 Å². The fourth-order valence-corrected chi connectivity index (χ4v) is 5.74. The lowest BCUT2D eigenvalue weighted by Crippen LogP contribution is -2.48. The Kier molecular flexibility index (Phi) is 6.70. The van der Waals surface area contributed by atoms with E-state index < -0.39 is 6.10 Å². The van der Waals surface area contributed by atoms with Crippen LogP contribution in [0.15, 0.2) is 66.9 Å². The lowest BCUT2D eigenvalue weighted by atomic mass is 9.92. The third-order valence-electron chi connectivity index (χ3n) is 6.56. The number of para-hydroxylation sites is 1. The van der Waals surface area contributed by atoms with Crippen molar-refractivity contribution in [3.8, 4) is 10.4 Å². The van der Waals surface area contributed by atoms with Crippen LogP contribution in [-0.2, 0) is 0 Å². The van der Waals surface area contributed by atoms with Crippen LogP contribution in [0.2, 0.25) is 0 Å². The highest BCUT2D eigenvalue weighted by Crippen LogP contribution is 2.33. The number of aryl methyl sites for hydroxylation is 1. The molecule has 35 heavy (non-hydrogen) atoms. The Morgan fingerprint density at radius 2 is 1.89 bits per heavy atom. The molecule has 0 saturated carbocycles. The molecule has 2 aromatic heterocycles. The van der Waals surface area contributed by atoms with Gasteiger partial charge in [0, 0.05) is 36.2 Å². The van der Waals surface area contributed by atoms with Crippen molar-refractivity contribution in [3.05, 3.63) is 83.1 Å². The molecular formula is C28H27N3O3S. The molecule has 1 N–H and O–H groups in total. The van der Waals surface area contributed by atoms with E-state index in [1.165, 1.54) is 11.3 Å². The molecule has 5 rings (SSSR count). The van der Waals surface area contributed by atoms with Crippen LogP contribution in [0.5, 0.6) is 0 Å². The number of carbonyl (C=O) groups is 2. The lowest BCUT2D eigenvalue weighted by molar-refractivity contribution is 0.0293. The van der Waals surface area contributed by atoms with Crippen molar-refractivity contribution in [3.63, 3.8) is 0 Å². The Morgan fingerprint density at radius 3 is 2.71 bits per heavy atom. The van der Waals surface area contributed by atoms with Crippen LogP contribution >= 0.6 is 11.3 Å². The molecular weight excluding hydrogens is 458 g/mol. The Morgan fingerprint density at radius 1 is 1.09 bits per heavy atom. The smallest absolute Gasteiger partial charge is 0.274 e. The molecule has 1 fully saturated rings. The zero-order chi connectivity index (χ0) is 24.4. The zero-order valence-electron chi connectivity index (χ0n) is 19.6. The number of thiazole rings is 1. The normalized spacial score (nSPS) is 18.1. The number of aliphatic hydroxyl groups is 1. The number of ketones is 1.